The number of hydrogen-bond donors (Lipinski definition) is 2. The van der Waals surface area contributed by atoms with E-state index in [4.69, 9.17) is 10.0 Å². The van der Waals surface area contributed by atoms with Gasteiger partial charge < -0.3 is 10.0 Å². The maximum absolute atomic E-state index is 11.3. The summed E-state index contributed by atoms with van der Waals surface area (Å²) in [7, 11) is -1.38. The van der Waals surface area contributed by atoms with Crippen LogP contribution in [-0.2, 0) is 11.2 Å². The summed E-state index contributed by atoms with van der Waals surface area (Å²) in [5, 5.41) is 17.1. The van der Waals surface area contributed by atoms with Gasteiger partial charge in [0.05, 0.1) is 0 Å². The van der Waals surface area contributed by atoms with E-state index in [1.54, 1.807) is 0 Å². The van der Waals surface area contributed by atoms with Crippen LogP contribution in [0.3, 0.4) is 0 Å². The molecule has 0 spiro atoms. The Hall–Kier alpha value is -1.13. The van der Waals surface area contributed by atoms with Gasteiger partial charge in [0.15, 0.2) is 0 Å². The Labute approximate surface area is 83.5 Å². The first-order valence-electron chi connectivity index (χ1n) is 4.60. The van der Waals surface area contributed by atoms with Crippen molar-refractivity contribution >= 4 is 12.9 Å². The molecule has 0 aliphatic rings. The van der Waals surface area contributed by atoms with Crippen molar-refractivity contribution in [2.24, 2.45) is 0 Å². The van der Waals surface area contributed by atoms with Crippen molar-refractivity contribution in [3.63, 3.8) is 0 Å². The third-order valence-corrected chi connectivity index (χ3v) is 1.93. The molecule has 4 heteroatoms. The highest BCUT2D eigenvalue weighted by atomic mass is 16.4. The van der Waals surface area contributed by atoms with Crippen LogP contribution >= 0.6 is 0 Å². The molecule has 1 aromatic carbocycles. The minimum absolute atomic E-state index is 0.0318. The maximum atomic E-state index is 11.3. The zero-order valence-electron chi connectivity index (χ0n) is 7.89. The Kier molecular flexibility index (Phi) is 4.36. The average molecular weight is 192 g/mol. The Balaban J connectivity index is 2.35. The van der Waals surface area contributed by atoms with Crippen molar-refractivity contribution in [1.29, 1.82) is 0 Å². The number of ketones is 1. The van der Waals surface area contributed by atoms with E-state index in [1.807, 2.05) is 30.3 Å². The second-order valence-electron chi connectivity index (χ2n) is 3.22. The lowest BCUT2D eigenvalue weighted by Gasteiger charge is -2.00. The van der Waals surface area contributed by atoms with E-state index < -0.39 is 7.12 Å². The van der Waals surface area contributed by atoms with Crippen molar-refractivity contribution in [1.82, 2.24) is 0 Å². The Bertz CT molecular complexity index is 285. The quantitative estimate of drug-likeness (QED) is 0.673. The minimum atomic E-state index is -1.38. The number of carbonyl (C=O) groups excluding carboxylic acids is 1. The Morgan fingerprint density at radius 2 is 1.86 bits per heavy atom. The molecule has 0 fully saturated rings. The molecule has 74 valence electrons. The third-order valence-electron chi connectivity index (χ3n) is 1.93. The van der Waals surface area contributed by atoms with E-state index in [1.165, 1.54) is 0 Å². The second kappa shape index (κ2) is 5.57. The predicted octanol–water partition coefficient (Wildman–Crippen LogP) is 0.661. The van der Waals surface area contributed by atoms with Crippen LogP contribution in [0, 0.1) is 0 Å². The van der Waals surface area contributed by atoms with Gasteiger partial charge >= 0.3 is 7.12 Å². The zero-order chi connectivity index (χ0) is 10.4. The van der Waals surface area contributed by atoms with Gasteiger partial charge in [0.2, 0.25) is 0 Å². The monoisotopic (exact) mass is 192 g/mol. The van der Waals surface area contributed by atoms with Crippen LogP contribution in [0.4, 0.5) is 0 Å². The van der Waals surface area contributed by atoms with Gasteiger partial charge in [-0.05, 0) is 11.9 Å². The van der Waals surface area contributed by atoms with Crippen molar-refractivity contribution in [3.05, 3.63) is 35.9 Å². The van der Waals surface area contributed by atoms with Gasteiger partial charge in [0.25, 0.3) is 0 Å². The summed E-state index contributed by atoms with van der Waals surface area (Å²) < 4.78 is 0. The highest BCUT2D eigenvalue weighted by molar-refractivity contribution is 6.41. The van der Waals surface area contributed by atoms with Crippen molar-refractivity contribution in [2.45, 2.75) is 19.2 Å². The van der Waals surface area contributed by atoms with Gasteiger partial charge in [-0.3, -0.25) is 4.79 Å². The van der Waals surface area contributed by atoms with Crippen LogP contribution in [0.25, 0.3) is 0 Å². The summed E-state index contributed by atoms with van der Waals surface area (Å²) in [5.41, 5.74) is 0.963. The molecule has 0 aliphatic heterocycles. The lowest BCUT2D eigenvalue weighted by Crippen LogP contribution is -2.13. The van der Waals surface area contributed by atoms with Crippen LogP contribution in [-0.4, -0.2) is 22.9 Å². The van der Waals surface area contributed by atoms with Crippen LogP contribution < -0.4 is 0 Å². The molecule has 0 aromatic heterocycles. The Morgan fingerprint density at radius 3 is 2.43 bits per heavy atom. The summed E-state index contributed by atoms with van der Waals surface area (Å²) in [4.78, 5) is 11.3. The molecule has 0 heterocycles. The molecule has 1 aromatic rings. The van der Waals surface area contributed by atoms with E-state index in [0.29, 0.717) is 6.42 Å². The van der Waals surface area contributed by atoms with Crippen molar-refractivity contribution in [2.75, 3.05) is 0 Å². The molecule has 0 bridgehead atoms. The molecule has 0 atom stereocenters. The number of carbonyl (C=O) groups is 1. The molecule has 2 N–H and O–H groups in total. The van der Waals surface area contributed by atoms with Crippen LogP contribution in [0.5, 0.6) is 0 Å². The predicted molar refractivity (Wildman–Crippen MR) is 54.8 cm³/mol. The lowest BCUT2D eigenvalue weighted by atomic mass is 9.83. The summed E-state index contributed by atoms with van der Waals surface area (Å²) in [6.45, 7) is 0. The van der Waals surface area contributed by atoms with Crippen LogP contribution in [0.1, 0.15) is 12.0 Å². The first-order chi connectivity index (χ1) is 6.68. The average Bonchev–Trinajstić information content (AvgIpc) is 2.16. The smallest absolute Gasteiger partial charge is 0.427 e. The van der Waals surface area contributed by atoms with Crippen molar-refractivity contribution < 1.29 is 14.8 Å². The van der Waals surface area contributed by atoms with E-state index >= 15 is 0 Å². The molecule has 0 radical (unpaired) electrons. The SMILES string of the molecule is O=C(CCB(O)O)Cc1ccccc1. The fourth-order valence-corrected chi connectivity index (χ4v) is 1.20. The summed E-state index contributed by atoms with van der Waals surface area (Å²) >= 11 is 0. The third kappa shape index (κ3) is 4.21. The molecule has 0 saturated carbocycles. The van der Waals surface area contributed by atoms with E-state index in [9.17, 15) is 4.79 Å². The Morgan fingerprint density at radius 1 is 1.21 bits per heavy atom. The highest BCUT2D eigenvalue weighted by Crippen LogP contribution is 2.03. The topological polar surface area (TPSA) is 57.5 Å². The standard InChI is InChI=1S/C10H13BO3/c12-10(6-7-11(13)14)8-9-4-2-1-3-5-9/h1-5,13-14H,6-8H2. The van der Waals surface area contributed by atoms with Gasteiger partial charge in [-0.2, -0.15) is 0 Å². The highest BCUT2D eigenvalue weighted by Gasteiger charge is 2.10. The fourth-order valence-electron chi connectivity index (χ4n) is 1.20. The van der Waals surface area contributed by atoms with Crippen LogP contribution in [0.15, 0.2) is 30.3 Å². The fraction of sp³-hybridized carbons (Fsp3) is 0.300. The minimum Gasteiger partial charge on any atom is -0.427 e. The molecule has 0 unspecified atom stereocenters. The number of Topliss-reactive ketones (excluding diaryl/α,β-unsaturated/α-hetero) is 1. The second-order valence-corrected chi connectivity index (χ2v) is 3.22. The molecule has 0 saturated heterocycles. The van der Waals surface area contributed by atoms with Crippen molar-refractivity contribution in [3.8, 4) is 0 Å². The molecule has 14 heavy (non-hydrogen) atoms. The largest absolute Gasteiger partial charge is 0.451 e. The van der Waals surface area contributed by atoms with Gasteiger partial charge in [0, 0.05) is 12.8 Å². The first kappa shape index (κ1) is 11.0. The molecule has 0 aliphatic carbocycles. The van der Waals surface area contributed by atoms with Gasteiger partial charge in [-0.1, -0.05) is 30.3 Å². The molecular formula is C10H13BO3. The van der Waals surface area contributed by atoms with Crippen LogP contribution in [0.2, 0.25) is 6.32 Å². The maximum Gasteiger partial charge on any atom is 0.451 e. The summed E-state index contributed by atoms with van der Waals surface area (Å²) in [6, 6.07) is 9.42. The summed E-state index contributed by atoms with van der Waals surface area (Å²) in [5.74, 6) is 0.0318. The first-order valence-corrected chi connectivity index (χ1v) is 4.60. The number of benzene rings is 1. The molecule has 1 rings (SSSR count). The normalized spacial score (nSPS) is 9.86. The molecule has 3 nitrogen and oxygen atoms in total. The van der Waals surface area contributed by atoms with Gasteiger partial charge in [-0.15, -0.1) is 0 Å². The number of hydrogen-bond acceptors (Lipinski definition) is 3. The van der Waals surface area contributed by atoms with E-state index in [-0.39, 0.29) is 18.5 Å². The van der Waals surface area contributed by atoms with Gasteiger partial charge in [0.1, 0.15) is 5.78 Å². The molecular weight excluding hydrogens is 179 g/mol. The summed E-state index contributed by atoms with van der Waals surface area (Å²) in [6.07, 6.45) is 0.700. The molecule has 0 amide bonds. The van der Waals surface area contributed by atoms with E-state index in [0.717, 1.165) is 5.56 Å². The van der Waals surface area contributed by atoms with Gasteiger partial charge in [-0.25, -0.2) is 0 Å². The lowest BCUT2D eigenvalue weighted by molar-refractivity contribution is -0.118. The zero-order valence-corrected chi connectivity index (χ0v) is 7.89. The number of rotatable bonds is 5. The van der Waals surface area contributed by atoms with E-state index in [2.05, 4.69) is 0 Å².